The average Bonchev–Trinajstić information content (AvgIpc) is 2.16. The quantitative estimate of drug-likeness (QED) is 0.775. The minimum absolute atomic E-state index is 0.361. The topological polar surface area (TPSA) is 67.8 Å². The van der Waals surface area contributed by atoms with Gasteiger partial charge >= 0.3 is 6.09 Å². The van der Waals surface area contributed by atoms with E-state index in [-0.39, 0.29) is 0 Å². The van der Waals surface area contributed by atoms with Crippen LogP contribution in [0, 0.1) is 0 Å². The lowest BCUT2D eigenvalue weighted by Crippen LogP contribution is -2.08. The average molecular weight is 197 g/mol. The Bertz CT molecular complexity index is 338. The predicted octanol–water partition coefficient (Wildman–Crippen LogP) is 1.79. The van der Waals surface area contributed by atoms with Crippen LogP contribution >= 0.6 is 0 Å². The Morgan fingerprint density at radius 2 is 2.07 bits per heavy atom. The number of methoxy groups -OCH3 is 2. The number of nitrogens with one attached hydrogen (secondary N) is 1. The smallest absolute Gasteiger partial charge is 0.409 e. The molecule has 0 saturated heterocycles. The Balaban J connectivity index is 3.01. The van der Waals surface area contributed by atoms with Crippen LogP contribution < -0.4 is 14.8 Å². The molecule has 0 atom stereocenters. The van der Waals surface area contributed by atoms with Gasteiger partial charge in [-0.15, -0.1) is 0 Å². The van der Waals surface area contributed by atoms with Crippen molar-refractivity contribution in [3.8, 4) is 11.5 Å². The van der Waals surface area contributed by atoms with Crippen LogP contribution in [0.3, 0.4) is 0 Å². The third-order valence-corrected chi connectivity index (χ3v) is 1.65. The molecule has 5 nitrogen and oxygen atoms in total. The van der Waals surface area contributed by atoms with Crippen LogP contribution in [0.15, 0.2) is 18.2 Å². The van der Waals surface area contributed by atoms with Crippen LogP contribution in [-0.4, -0.2) is 25.4 Å². The zero-order chi connectivity index (χ0) is 10.6. The molecule has 0 aliphatic carbocycles. The molecule has 1 aromatic carbocycles. The summed E-state index contributed by atoms with van der Waals surface area (Å²) in [6, 6.07) is 4.86. The van der Waals surface area contributed by atoms with Crippen molar-refractivity contribution in [1.29, 1.82) is 0 Å². The van der Waals surface area contributed by atoms with Gasteiger partial charge in [-0.05, 0) is 12.1 Å². The number of hydrogen-bond donors (Lipinski definition) is 2. The SMILES string of the molecule is COc1ccc(OC)c(NC(=O)O)c1. The zero-order valence-electron chi connectivity index (χ0n) is 7.90. The second-order valence-electron chi connectivity index (χ2n) is 2.50. The molecule has 0 fully saturated rings. The number of rotatable bonds is 3. The van der Waals surface area contributed by atoms with Gasteiger partial charge in [0.1, 0.15) is 11.5 Å². The Kier molecular flexibility index (Phi) is 3.17. The second-order valence-corrected chi connectivity index (χ2v) is 2.50. The molecule has 0 unspecified atom stereocenters. The van der Waals surface area contributed by atoms with Crippen LogP contribution in [0.5, 0.6) is 11.5 Å². The van der Waals surface area contributed by atoms with Crippen molar-refractivity contribution >= 4 is 11.8 Å². The van der Waals surface area contributed by atoms with Gasteiger partial charge < -0.3 is 14.6 Å². The molecule has 0 spiro atoms. The van der Waals surface area contributed by atoms with Crippen molar-refractivity contribution in [1.82, 2.24) is 0 Å². The van der Waals surface area contributed by atoms with Crippen LogP contribution in [0.1, 0.15) is 0 Å². The highest BCUT2D eigenvalue weighted by molar-refractivity contribution is 5.85. The van der Waals surface area contributed by atoms with Gasteiger partial charge in [0.25, 0.3) is 0 Å². The van der Waals surface area contributed by atoms with Crippen molar-refractivity contribution in [3.05, 3.63) is 18.2 Å². The molecule has 0 radical (unpaired) electrons. The van der Waals surface area contributed by atoms with Crippen LogP contribution in [-0.2, 0) is 0 Å². The van der Waals surface area contributed by atoms with Gasteiger partial charge in [0, 0.05) is 6.07 Å². The third-order valence-electron chi connectivity index (χ3n) is 1.65. The fourth-order valence-corrected chi connectivity index (χ4v) is 1.03. The number of ether oxygens (including phenoxy) is 2. The molecule has 0 aliphatic rings. The molecule has 1 amide bonds. The van der Waals surface area contributed by atoms with Crippen molar-refractivity contribution in [2.45, 2.75) is 0 Å². The maximum Gasteiger partial charge on any atom is 0.409 e. The van der Waals surface area contributed by atoms with Crippen LogP contribution in [0.25, 0.3) is 0 Å². The molecule has 0 aromatic heterocycles. The molecule has 2 N–H and O–H groups in total. The molecular weight excluding hydrogens is 186 g/mol. The second kappa shape index (κ2) is 4.36. The van der Waals surface area contributed by atoms with E-state index in [9.17, 15) is 4.79 Å². The van der Waals surface area contributed by atoms with Gasteiger partial charge in [-0.2, -0.15) is 0 Å². The summed E-state index contributed by atoms with van der Waals surface area (Å²) in [6.07, 6.45) is -1.14. The molecular formula is C9H11NO4. The summed E-state index contributed by atoms with van der Waals surface area (Å²) in [4.78, 5) is 10.4. The van der Waals surface area contributed by atoms with Gasteiger partial charge in [0.2, 0.25) is 0 Å². The van der Waals surface area contributed by atoms with Gasteiger partial charge in [0.05, 0.1) is 19.9 Å². The van der Waals surface area contributed by atoms with E-state index in [1.807, 2.05) is 0 Å². The number of anilines is 1. The summed E-state index contributed by atoms with van der Waals surface area (Å²) in [6.45, 7) is 0. The van der Waals surface area contributed by atoms with Crippen molar-refractivity contribution < 1.29 is 19.4 Å². The molecule has 0 heterocycles. The van der Waals surface area contributed by atoms with Crippen molar-refractivity contribution in [3.63, 3.8) is 0 Å². The van der Waals surface area contributed by atoms with E-state index in [0.717, 1.165) is 0 Å². The van der Waals surface area contributed by atoms with Crippen LogP contribution in [0.2, 0.25) is 0 Å². The predicted molar refractivity (Wildman–Crippen MR) is 51.2 cm³/mol. The summed E-state index contributed by atoms with van der Waals surface area (Å²) in [5, 5.41) is 10.8. The van der Waals surface area contributed by atoms with E-state index in [0.29, 0.717) is 17.2 Å². The zero-order valence-corrected chi connectivity index (χ0v) is 7.90. The van der Waals surface area contributed by atoms with Gasteiger partial charge in [-0.3, -0.25) is 5.32 Å². The van der Waals surface area contributed by atoms with E-state index in [4.69, 9.17) is 14.6 Å². The number of hydrogen-bond acceptors (Lipinski definition) is 3. The maximum atomic E-state index is 10.4. The van der Waals surface area contributed by atoms with E-state index in [2.05, 4.69) is 5.32 Å². The van der Waals surface area contributed by atoms with E-state index in [1.54, 1.807) is 18.2 Å². The first kappa shape index (κ1) is 10.2. The summed E-state index contributed by atoms with van der Waals surface area (Å²) in [5.41, 5.74) is 0.361. The molecule has 1 aromatic rings. The van der Waals surface area contributed by atoms with E-state index < -0.39 is 6.09 Å². The first-order valence-electron chi connectivity index (χ1n) is 3.89. The number of carbonyl (C=O) groups is 1. The molecule has 0 saturated carbocycles. The lowest BCUT2D eigenvalue weighted by Gasteiger charge is -2.09. The molecule has 0 bridgehead atoms. The minimum Gasteiger partial charge on any atom is -0.497 e. The molecule has 76 valence electrons. The molecule has 14 heavy (non-hydrogen) atoms. The number of amides is 1. The largest absolute Gasteiger partial charge is 0.497 e. The van der Waals surface area contributed by atoms with E-state index in [1.165, 1.54) is 14.2 Å². The van der Waals surface area contributed by atoms with Crippen LogP contribution in [0.4, 0.5) is 10.5 Å². The fourth-order valence-electron chi connectivity index (χ4n) is 1.03. The third kappa shape index (κ3) is 2.29. The highest BCUT2D eigenvalue weighted by Gasteiger charge is 2.06. The first-order chi connectivity index (χ1) is 6.67. The number of benzene rings is 1. The van der Waals surface area contributed by atoms with Gasteiger partial charge in [-0.1, -0.05) is 0 Å². The summed E-state index contributed by atoms with van der Waals surface area (Å²) >= 11 is 0. The lowest BCUT2D eigenvalue weighted by atomic mass is 10.2. The van der Waals surface area contributed by atoms with E-state index >= 15 is 0 Å². The van der Waals surface area contributed by atoms with Gasteiger partial charge in [0.15, 0.2) is 0 Å². The summed E-state index contributed by atoms with van der Waals surface area (Å²) < 4.78 is 9.91. The Morgan fingerprint density at radius 1 is 1.36 bits per heavy atom. The Morgan fingerprint density at radius 3 is 2.57 bits per heavy atom. The Hall–Kier alpha value is -1.91. The normalized spacial score (nSPS) is 9.29. The number of carboxylic acid groups (broad SMARTS) is 1. The maximum absolute atomic E-state index is 10.4. The standard InChI is InChI=1S/C9H11NO4/c1-13-6-3-4-8(14-2)7(5-6)10-9(11)12/h3-5,10H,1-2H3,(H,11,12). The fraction of sp³-hybridized carbons (Fsp3) is 0.222. The molecule has 0 aliphatic heterocycles. The Labute approximate surface area is 81.3 Å². The monoisotopic (exact) mass is 197 g/mol. The van der Waals surface area contributed by atoms with Crippen molar-refractivity contribution in [2.24, 2.45) is 0 Å². The highest BCUT2D eigenvalue weighted by atomic mass is 16.5. The van der Waals surface area contributed by atoms with Crippen molar-refractivity contribution in [2.75, 3.05) is 19.5 Å². The molecule has 5 heteroatoms. The minimum atomic E-state index is -1.14. The first-order valence-corrected chi connectivity index (χ1v) is 3.89. The highest BCUT2D eigenvalue weighted by Crippen LogP contribution is 2.28. The summed E-state index contributed by atoms with van der Waals surface area (Å²) in [5.74, 6) is 1.02. The summed E-state index contributed by atoms with van der Waals surface area (Å²) in [7, 11) is 2.97. The lowest BCUT2D eigenvalue weighted by molar-refractivity contribution is 0.209. The molecule has 1 rings (SSSR count). The van der Waals surface area contributed by atoms with Gasteiger partial charge in [-0.25, -0.2) is 4.79 Å².